The van der Waals surface area contributed by atoms with Gasteiger partial charge < -0.3 is 9.84 Å². The first-order chi connectivity index (χ1) is 8.84. The Bertz CT molecular complexity index is 359. The largest absolute Gasteiger partial charge is 0.493 e. The Hall–Kier alpha value is -0.830. The van der Waals surface area contributed by atoms with Crippen LogP contribution in [0.15, 0.2) is 11.3 Å². The van der Waals surface area contributed by atoms with Gasteiger partial charge in [0.05, 0.1) is 12.0 Å². The lowest BCUT2D eigenvalue weighted by molar-refractivity contribution is -0.128. The van der Waals surface area contributed by atoms with E-state index in [9.17, 15) is 9.90 Å². The van der Waals surface area contributed by atoms with Crippen LogP contribution in [0.1, 0.15) is 54.4 Å². The SMILES string of the molecule is CC[C@H](C)[C@H]1OC([C@H](C)[C@@H](O)CC)=C(C)C(=O)[C@@H]1C. The first-order valence-electron chi connectivity index (χ1n) is 7.44. The summed E-state index contributed by atoms with van der Waals surface area (Å²) in [7, 11) is 0. The van der Waals surface area contributed by atoms with Gasteiger partial charge in [0.1, 0.15) is 11.9 Å². The molecular formula is C16H28O3. The van der Waals surface area contributed by atoms with E-state index in [1.807, 2.05) is 27.7 Å². The molecule has 19 heavy (non-hydrogen) atoms. The van der Waals surface area contributed by atoms with Gasteiger partial charge in [-0.2, -0.15) is 0 Å². The molecule has 110 valence electrons. The van der Waals surface area contributed by atoms with Gasteiger partial charge in [-0.25, -0.2) is 0 Å². The maximum atomic E-state index is 12.4. The average molecular weight is 268 g/mol. The Morgan fingerprint density at radius 2 is 1.84 bits per heavy atom. The van der Waals surface area contributed by atoms with Gasteiger partial charge in [-0.05, 0) is 19.3 Å². The molecule has 0 bridgehead atoms. The number of hydrogen-bond acceptors (Lipinski definition) is 3. The number of aliphatic hydroxyl groups is 1. The second-order valence-corrected chi connectivity index (χ2v) is 5.87. The maximum absolute atomic E-state index is 12.4. The first kappa shape index (κ1) is 16.2. The lowest BCUT2D eigenvalue weighted by atomic mass is 9.82. The van der Waals surface area contributed by atoms with E-state index < -0.39 is 6.10 Å². The summed E-state index contributed by atoms with van der Waals surface area (Å²) in [6, 6.07) is 0. The summed E-state index contributed by atoms with van der Waals surface area (Å²) in [6.45, 7) is 11.9. The van der Waals surface area contributed by atoms with Gasteiger partial charge in [0.2, 0.25) is 0 Å². The van der Waals surface area contributed by atoms with E-state index in [1.165, 1.54) is 0 Å². The molecule has 0 saturated carbocycles. The molecule has 0 aromatic rings. The molecule has 1 heterocycles. The van der Waals surface area contributed by atoms with Crippen LogP contribution in [0.3, 0.4) is 0 Å². The van der Waals surface area contributed by atoms with Crippen LogP contribution in [0.5, 0.6) is 0 Å². The number of aliphatic hydroxyl groups excluding tert-OH is 1. The van der Waals surface area contributed by atoms with E-state index in [2.05, 4.69) is 13.8 Å². The van der Waals surface area contributed by atoms with E-state index in [0.717, 1.165) is 6.42 Å². The molecule has 0 aromatic heterocycles. The molecule has 0 aromatic carbocycles. The molecule has 0 fully saturated rings. The predicted molar refractivity (Wildman–Crippen MR) is 76.7 cm³/mol. The van der Waals surface area contributed by atoms with Crippen LogP contribution in [0.25, 0.3) is 0 Å². The minimum atomic E-state index is -0.455. The number of ether oxygens (including phenoxy) is 1. The van der Waals surface area contributed by atoms with Crippen molar-refractivity contribution in [3.8, 4) is 0 Å². The van der Waals surface area contributed by atoms with E-state index in [1.54, 1.807) is 0 Å². The van der Waals surface area contributed by atoms with Gasteiger partial charge >= 0.3 is 0 Å². The fourth-order valence-electron chi connectivity index (χ4n) is 2.77. The number of carbonyl (C=O) groups excluding carboxylic acids is 1. The van der Waals surface area contributed by atoms with Crippen LogP contribution in [-0.4, -0.2) is 23.1 Å². The van der Waals surface area contributed by atoms with Gasteiger partial charge in [0.15, 0.2) is 5.78 Å². The Kier molecular flexibility index (Phi) is 5.60. The molecule has 0 unspecified atom stereocenters. The molecule has 0 aliphatic carbocycles. The number of carbonyl (C=O) groups is 1. The van der Waals surface area contributed by atoms with Crippen molar-refractivity contribution >= 4 is 5.78 Å². The van der Waals surface area contributed by atoms with E-state index >= 15 is 0 Å². The lowest BCUT2D eigenvalue weighted by Crippen LogP contribution is -2.40. The van der Waals surface area contributed by atoms with Crippen LogP contribution < -0.4 is 0 Å². The summed E-state index contributed by atoms with van der Waals surface area (Å²) < 4.78 is 6.12. The van der Waals surface area contributed by atoms with Gasteiger partial charge in [0, 0.05) is 11.5 Å². The van der Waals surface area contributed by atoms with Crippen molar-refractivity contribution < 1.29 is 14.6 Å². The molecule has 1 rings (SSSR count). The molecular weight excluding hydrogens is 240 g/mol. The normalized spacial score (nSPS) is 28.9. The fraction of sp³-hybridized carbons (Fsp3) is 0.812. The number of Topliss-reactive ketones (excluding diaryl/α,β-unsaturated/α-hetero) is 1. The second-order valence-electron chi connectivity index (χ2n) is 5.87. The van der Waals surface area contributed by atoms with Crippen molar-refractivity contribution in [2.75, 3.05) is 0 Å². The molecule has 1 aliphatic heterocycles. The van der Waals surface area contributed by atoms with Crippen LogP contribution in [-0.2, 0) is 9.53 Å². The molecule has 3 nitrogen and oxygen atoms in total. The third-order valence-corrected chi connectivity index (χ3v) is 4.52. The highest BCUT2D eigenvalue weighted by atomic mass is 16.5. The molecule has 0 radical (unpaired) electrons. The third kappa shape index (κ3) is 3.19. The van der Waals surface area contributed by atoms with Crippen LogP contribution in [0.4, 0.5) is 0 Å². The highest BCUT2D eigenvalue weighted by Gasteiger charge is 2.38. The van der Waals surface area contributed by atoms with Crippen molar-refractivity contribution in [3.05, 3.63) is 11.3 Å². The van der Waals surface area contributed by atoms with Crippen molar-refractivity contribution in [2.24, 2.45) is 17.8 Å². The molecule has 3 heteroatoms. The zero-order valence-electron chi connectivity index (χ0n) is 13.1. The minimum absolute atomic E-state index is 0.0669. The fourth-order valence-corrected chi connectivity index (χ4v) is 2.77. The molecule has 5 atom stereocenters. The lowest BCUT2D eigenvalue weighted by Gasteiger charge is -2.37. The van der Waals surface area contributed by atoms with Crippen LogP contribution in [0.2, 0.25) is 0 Å². The zero-order chi connectivity index (χ0) is 14.7. The predicted octanol–water partition coefficient (Wildman–Crippen LogP) is 3.32. The molecule has 1 aliphatic rings. The minimum Gasteiger partial charge on any atom is -0.493 e. The standard InChI is InChI=1S/C16H28O3/c1-7-9(3)15-11(5)14(18)12(6)16(19-15)10(4)13(17)8-2/h9-11,13,15,17H,7-8H2,1-6H3/t9-,10+,11-,13-,15+/m0/s1. The summed E-state index contributed by atoms with van der Waals surface area (Å²) in [5.74, 6) is 0.996. The molecule has 1 N–H and O–H groups in total. The van der Waals surface area contributed by atoms with Crippen molar-refractivity contribution in [1.82, 2.24) is 0 Å². The summed E-state index contributed by atoms with van der Waals surface area (Å²) in [4.78, 5) is 12.4. The van der Waals surface area contributed by atoms with Crippen LogP contribution in [0, 0.1) is 17.8 Å². The average Bonchev–Trinajstić information content (AvgIpc) is 2.42. The highest BCUT2D eigenvalue weighted by molar-refractivity contribution is 5.98. The first-order valence-corrected chi connectivity index (χ1v) is 7.44. The second kappa shape index (κ2) is 6.56. The van der Waals surface area contributed by atoms with E-state index in [-0.39, 0.29) is 23.7 Å². The highest BCUT2D eigenvalue weighted by Crippen LogP contribution is 2.35. The number of ketones is 1. The molecule has 0 amide bonds. The van der Waals surface area contributed by atoms with Gasteiger partial charge in [-0.15, -0.1) is 0 Å². The van der Waals surface area contributed by atoms with E-state index in [4.69, 9.17) is 4.74 Å². The summed E-state index contributed by atoms with van der Waals surface area (Å²) in [5.41, 5.74) is 0.687. The Morgan fingerprint density at radius 3 is 2.32 bits per heavy atom. The smallest absolute Gasteiger partial charge is 0.168 e. The number of allylic oxidation sites excluding steroid dienone is 1. The third-order valence-electron chi connectivity index (χ3n) is 4.52. The van der Waals surface area contributed by atoms with Gasteiger partial charge in [-0.3, -0.25) is 4.79 Å². The number of hydrogen-bond donors (Lipinski definition) is 1. The van der Waals surface area contributed by atoms with Crippen molar-refractivity contribution in [2.45, 2.75) is 66.6 Å². The van der Waals surface area contributed by atoms with Crippen LogP contribution >= 0.6 is 0 Å². The Morgan fingerprint density at radius 1 is 1.26 bits per heavy atom. The van der Waals surface area contributed by atoms with Gasteiger partial charge in [0.25, 0.3) is 0 Å². The topological polar surface area (TPSA) is 46.5 Å². The number of rotatable bonds is 5. The maximum Gasteiger partial charge on any atom is 0.168 e. The van der Waals surface area contributed by atoms with Crippen molar-refractivity contribution in [1.29, 1.82) is 0 Å². The Balaban J connectivity index is 3.06. The quantitative estimate of drug-likeness (QED) is 0.832. The summed E-state index contributed by atoms with van der Waals surface area (Å²) in [6.07, 6.45) is 1.13. The molecule has 0 spiro atoms. The van der Waals surface area contributed by atoms with E-state index in [0.29, 0.717) is 23.7 Å². The zero-order valence-corrected chi connectivity index (χ0v) is 13.1. The van der Waals surface area contributed by atoms with Gasteiger partial charge in [-0.1, -0.05) is 41.0 Å². The monoisotopic (exact) mass is 268 g/mol. The summed E-state index contributed by atoms with van der Waals surface area (Å²) in [5, 5.41) is 10.0. The molecule has 0 saturated heterocycles. The van der Waals surface area contributed by atoms with Crippen molar-refractivity contribution in [3.63, 3.8) is 0 Å². The Labute approximate surface area is 117 Å². The summed E-state index contributed by atoms with van der Waals surface area (Å²) >= 11 is 0.